The number of alkyl halides is 1. The van der Waals surface area contributed by atoms with E-state index in [-0.39, 0.29) is 0 Å². The number of allylic oxidation sites excluding steroid dienone is 2. The molecule has 0 unspecified atom stereocenters. The minimum Gasteiger partial charge on any atom is -0.0883 e. The first-order valence-electron chi connectivity index (χ1n) is 3.98. The average molecular weight is 205 g/mol. The monoisotopic (exact) mass is 204 g/mol. The highest BCUT2D eigenvalue weighted by atomic mass is 79.9. The first-order valence-corrected chi connectivity index (χ1v) is 5.10. The third kappa shape index (κ3) is 8.22. The summed E-state index contributed by atoms with van der Waals surface area (Å²) in [5.74, 6) is 0.859. The van der Waals surface area contributed by atoms with Gasteiger partial charge in [0.1, 0.15) is 0 Å². The van der Waals surface area contributed by atoms with Crippen LogP contribution in [0.2, 0.25) is 0 Å². The minimum absolute atomic E-state index is 0.859. The summed E-state index contributed by atoms with van der Waals surface area (Å²) in [5, 5.41) is 0.995. The van der Waals surface area contributed by atoms with Gasteiger partial charge in [0.05, 0.1) is 0 Å². The van der Waals surface area contributed by atoms with Crippen molar-refractivity contribution in [2.45, 2.75) is 33.1 Å². The van der Waals surface area contributed by atoms with Gasteiger partial charge in [-0.3, -0.25) is 0 Å². The van der Waals surface area contributed by atoms with E-state index in [0.717, 1.165) is 11.2 Å². The van der Waals surface area contributed by atoms with Crippen molar-refractivity contribution in [2.24, 2.45) is 5.92 Å². The van der Waals surface area contributed by atoms with Gasteiger partial charge in [-0.05, 0) is 18.8 Å². The summed E-state index contributed by atoms with van der Waals surface area (Å²) in [6, 6.07) is 0. The molecule has 60 valence electrons. The summed E-state index contributed by atoms with van der Waals surface area (Å²) in [4.78, 5) is 0. The molecule has 0 rings (SSSR count). The summed E-state index contributed by atoms with van der Waals surface area (Å²) in [6.45, 7) is 4.54. The van der Waals surface area contributed by atoms with Crippen LogP contribution in [0.15, 0.2) is 12.2 Å². The van der Waals surface area contributed by atoms with Crippen molar-refractivity contribution >= 4 is 15.9 Å². The molecule has 0 aromatic carbocycles. The summed E-state index contributed by atoms with van der Waals surface area (Å²) < 4.78 is 0. The highest BCUT2D eigenvalue weighted by molar-refractivity contribution is 9.09. The third-order valence-electron chi connectivity index (χ3n) is 1.41. The molecule has 0 aromatic rings. The van der Waals surface area contributed by atoms with Gasteiger partial charge >= 0.3 is 0 Å². The first-order chi connectivity index (χ1) is 4.77. The van der Waals surface area contributed by atoms with E-state index in [0.29, 0.717) is 0 Å². The molecule has 0 aliphatic carbocycles. The van der Waals surface area contributed by atoms with Crippen LogP contribution in [0.5, 0.6) is 0 Å². The predicted molar refractivity (Wildman–Crippen MR) is 51.6 cm³/mol. The van der Waals surface area contributed by atoms with E-state index in [1.807, 2.05) is 0 Å². The molecule has 0 aliphatic heterocycles. The van der Waals surface area contributed by atoms with Gasteiger partial charge in [-0.15, -0.1) is 0 Å². The Morgan fingerprint density at radius 2 is 2.00 bits per heavy atom. The summed E-state index contributed by atoms with van der Waals surface area (Å²) >= 11 is 3.34. The predicted octanol–water partition coefficient (Wildman–Crippen LogP) is 3.76. The summed E-state index contributed by atoms with van der Waals surface area (Å²) in [7, 11) is 0. The molecule has 0 saturated carbocycles. The van der Waals surface area contributed by atoms with Gasteiger partial charge in [-0.1, -0.05) is 48.4 Å². The van der Waals surface area contributed by atoms with E-state index in [9.17, 15) is 0 Å². The molecule has 0 fully saturated rings. The summed E-state index contributed by atoms with van der Waals surface area (Å²) in [6.07, 6.45) is 8.34. The van der Waals surface area contributed by atoms with Crippen molar-refractivity contribution in [1.29, 1.82) is 0 Å². The lowest BCUT2D eigenvalue weighted by Crippen LogP contribution is -1.84. The Bertz CT molecular complexity index is 84.7. The van der Waals surface area contributed by atoms with Crippen molar-refractivity contribution in [2.75, 3.05) is 5.33 Å². The zero-order chi connectivity index (χ0) is 7.82. The normalized spacial score (nSPS) is 11.6. The highest BCUT2D eigenvalue weighted by Gasteiger charge is 1.90. The molecule has 0 radical (unpaired) electrons. The van der Waals surface area contributed by atoms with E-state index < -0.39 is 0 Å². The second-order valence-electron chi connectivity index (χ2n) is 2.95. The first kappa shape index (κ1) is 10.2. The topological polar surface area (TPSA) is 0 Å². The summed E-state index contributed by atoms with van der Waals surface area (Å²) in [5.41, 5.74) is 0. The Morgan fingerprint density at radius 3 is 2.50 bits per heavy atom. The van der Waals surface area contributed by atoms with Gasteiger partial charge in [0.25, 0.3) is 0 Å². The van der Waals surface area contributed by atoms with Crippen LogP contribution in [0.3, 0.4) is 0 Å². The molecule has 0 aliphatic rings. The standard InChI is InChI=1S/C9H17Br/c1-9(2)7-5-3-4-6-8-10/h4,6,9H,3,5,7-8H2,1-2H3/b6-4-. The minimum atomic E-state index is 0.859. The fourth-order valence-corrected chi connectivity index (χ4v) is 1.09. The van der Waals surface area contributed by atoms with Gasteiger partial charge in [0.2, 0.25) is 0 Å². The van der Waals surface area contributed by atoms with E-state index in [1.165, 1.54) is 19.3 Å². The molecule has 0 atom stereocenters. The fourth-order valence-electron chi connectivity index (χ4n) is 0.825. The molecule has 0 heterocycles. The zero-order valence-corrected chi connectivity index (χ0v) is 8.52. The largest absolute Gasteiger partial charge is 0.0883 e. The maximum Gasteiger partial charge on any atom is 0.0212 e. The van der Waals surface area contributed by atoms with Crippen molar-refractivity contribution in [1.82, 2.24) is 0 Å². The van der Waals surface area contributed by atoms with Crippen LogP contribution in [0.25, 0.3) is 0 Å². The lowest BCUT2D eigenvalue weighted by molar-refractivity contribution is 0.560. The van der Waals surface area contributed by atoms with Crippen LogP contribution in [0.4, 0.5) is 0 Å². The zero-order valence-electron chi connectivity index (χ0n) is 6.94. The lowest BCUT2D eigenvalue weighted by atomic mass is 10.1. The molecule has 0 N–H and O–H groups in total. The molecule has 1 heteroatoms. The number of rotatable bonds is 5. The molecule has 10 heavy (non-hydrogen) atoms. The van der Waals surface area contributed by atoms with Gasteiger partial charge in [-0.25, -0.2) is 0 Å². The van der Waals surface area contributed by atoms with Gasteiger partial charge in [0, 0.05) is 5.33 Å². The van der Waals surface area contributed by atoms with Crippen molar-refractivity contribution in [3.8, 4) is 0 Å². The Labute approximate surface area is 72.8 Å². The second-order valence-corrected chi connectivity index (χ2v) is 3.60. The quantitative estimate of drug-likeness (QED) is 0.364. The van der Waals surface area contributed by atoms with Crippen molar-refractivity contribution in [3.05, 3.63) is 12.2 Å². The Balaban J connectivity index is 2.97. The Hall–Kier alpha value is 0.220. The van der Waals surface area contributed by atoms with Crippen LogP contribution >= 0.6 is 15.9 Å². The fraction of sp³-hybridized carbons (Fsp3) is 0.778. The van der Waals surface area contributed by atoms with Crippen LogP contribution in [0, 0.1) is 5.92 Å². The van der Waals surface area contributed by atoms with Crippen LogP contribution < -0.4 is 0 Å². The van der Waals surface area contributed by atoms with Gasteiger partial charge in [0.15, 0.2) is 0 Å². The van der Waals surface area contributed by atoms with E-state index in [2.05, 4.69) is 41.9 Å². The van der Waals surface area contributed by atoms with E-state index >= 15 is 0 Å². The molecular weight excluding hydrogens is 188 g/mol. The molecule has 0 spiro atoms. The Kier molecular flexibility index (Phi) is 7.49. The number of hydrogen-bond donors (Lipinski definition) is 0. The number of hydrogen-bond acceptors (Lipinski definition) is 0. The van der Waals surface area contributed by atoms with Crippen LogP contribution in [-0.4, -0.2) is 5.33 Å². The molecule has 0 amide bonds. The SMILES string of the molecule is CC(C)CCC/C=C\CBr. The Morgan fingerprint density at radius 1 is 1.30 bits per heavy atom. The van der Waals surface area contributed by atoms with E-state index in [4.69, 9.17) is 0 Å². The maximum absolute atomic E-state index is 3.34. The highest BCUT2D eigenvalue weighted by Crippen LogP contribution is 2.06. The van der Waals surface area contributed by atoms with Crippen molar-refractivity contribution < 1.29 is 0 Å². The second kappa shape index (κ2) is 7.33. The third-order valence-corrected chi connectivity index (χ3v) is 1.78. The molecule has 0 bridgehead atoms. The van der Waals surface area contributed by atoms with Crippen LogP contribution in [-0.2, 0) is 0 Å². The smallest absolute Gasteiger partial charge is 0.0212 e. The number of unbranched alkanes of at least 4 members (excludes halogenated alkanes) is 1. The average Bonchev–Trinajstić information content (AvgIpc) is 1.87. The van der Waals surface area contributed by atoms with Gasteiger partial charge in [-0.2, -0.15) is 0 Å². The number of halogens is 1. The molecule has 0 saturated heterocycles. The maximum atomic E-state index is 3.34. The molecule has 0 nitrogen and oxygen atoms in total. The van der Waals surface area contributed by atoms with Gasteiger partial charge < -0.3 is 0 Å². The van der Waals surface area contributed by atoms with E-state index in [1.54, 1.807) is 0 Å². The van der Waals surface area contributed by atoms with Crippen molar-refractivity contribution in [3.63, 3.8) is 0 Å². The lowest BCUT2D eigenvalue weighted by Gasteiger charge is -1.99. The molecule has 0 aromatic heterocycles. The van der Waals surface area contributed by atoms with Crippen LogP contribution in [0.1, 0.15) is 33.1 Å². The molecular formula is C9H17Br.